The molecule has 0 aliphatic carbocycles. The topological polar surface area (TPSA) is 75.3 Å². The lowest BCUT2D eigenvalue weighted by atomic mass is 10.1. The summed E-state index contributed by atoms with van der Waals surface area (Å²) in [7, 11) is 0. The number of hydrogen-bond acceptors (Lipinski definition) is 2. The van der Waals surface area contributed by atoms with E-state index in [9.17, 15) is 4.79 Å². The third-order valence-electron chi connectivity index (χ3n) is 1.77. The molecule has 0 bridgehead atoms. The van der Waals surface area contributed by atoms with Gasteiger partial charge in [0.2, 0.25) is 0 Å². The number of hydrogen-bond donors (Lipinski definition) is 3. The van der Waals surface area contributed by atoms with E-state index < -0.39 is 6.09 Å². The van der Waals surface area contributed by atoms with Crippen LogP contribution in [0.25, 0.3) is 0 Å². The Morgan fingerprint density at radius 3 is 2.54 bits per heavy atom. The first-order valence-corrected chi connectivity index (χ1v) is 3.97. The third kappa shape index (κ3) is 2.76. The van der Waals surface area contributed by atoms with Crippen LogP contribution >= 0.6 is 0 Å². The van der Waals surface area contributed by atoms with Crippen LogP contribution in [0.5, 0.6) is 0 Å². The summed E-state index contributed by atoms with van der Waals surface area (Å²) in [5.41, 5.74) is 7.37. The van der Waals surface area contributed by atoms with Gasteiger partial charge in [-0.05, 0) is 11.1 Å². The van der Waals surface area contributed by atoms with E-state index in [4.69, 9.17) is 10.8 Å². The summed E-state index contributed by atoms with van der Waals surface area (Å²) in [5.74, 6) is 0. The molecule has 1 amide bonds. The normalized spacial score (nSPS) is 9.62. The lowest BCUT2D eigenvalue weighted by Gasteiger charge is -2.06. The zero-order chi connectivity index (χ0) is 9.68. The first kappa shape index (κ1) is 9.54. The van der Waals surface area contributed by atoms with E-state index >= 15 is 0 Å². The Balaban J connectivity index is 2.69. The van der Waals surface area contributed by atoms with Gasteiger partial charge in [-0.1, -0.05) is 24.3 Å². The van der Waals surface area contributed by atoms with Crippen LogP contribution in [-0.4, -0.2) is 11.2 Å². The molecule has 13 heavy (non-hydrogen) atoms. The maximum absolute atomic E-state index is 10.2. The van der Waals surface area contributed by atoms with Gasteiger partial charge in [-0.2, -0.15) is 0 Å². The van der Waals surface area contributed by atoms with Crippen molar-refractivity contribution in [2.24, 2.45) is 5.73 Å². The molecule has 0 saturated carbocycles. The summed E-state index contributed by atoms with van der Waals surface area (Å²) in [6.45, 7) is 0.736. The van der Waals surface area contributed by atoms with Crippen LogP contribution in [0.4, 0.5) is 4.79 Å². The fraction of sp³-hybridized carbons (Fsp3) is 0.222. The molecular formula is C9H12N2O2. The summed E-state index contributed by atoms with van der Waals surface area (Å²) >= 11 is 0. The Kier molecular flexibility index (Phi) is 3.28. The predicted octanol–water partition coefficient (Wildman–Crippen LogP) is 0.913. The lowest BCUT2D eigenvalue weighted by Crippen LogP contribution is -2.21. The molecule has 0 atom stereocenters. The minimum Gasteiger partial charge on any atom is -0.465 e. The van der Waals surface area contributed by atoms with Crippen LogP contribution < -0.4 is 11.1 Å². The van der Waals surface area contributed by atoms with Crippen molar-refractivity contribution in [3.8, 4) is 0 Å². The first-order chi connectivity index (χ1) is 6.24. The monoisotopic (exact) mass is 180 g/mol. The molecular weight excluding hydrogens is 168 g/mol. The zero-order valence-corrected chi connectivity index (χ0v) is 7.16. The molecule has 0 aliphatic rings. The summed E-state index contributed by atoms with van der Waals surface area (Å²) in [6.07, 6.45) is -1.02. The van der Waals surface area contributed by atoms with Gasteiger partial charge in [0.05, 0.1) is 0 Å². The van der Waals surface area contributed by atoms with Crippen LogP contribution in [0, 0.1) is 0 Å². The Labute approximate surface area is 76.4 Å². The van der Waals surface area contributed by atoms with Crippen LogP contribution in [-0.2, 0) is 13.1 Å². The minimum atomic E-state index is -1.02. The molecule has 0 aliphatic heterocycles. The van der Waals surface area contributed by atoms with Gasteiger partial charge in [-0.15, -0.1) is 0 Å². The van der Waals surface area contributed by atoms with Crippen molar-refractivity contribution in [1.82, 2.24) is 5.32 Å². The highest BCUT2D eigenvalue weighted by Gasteiger charge is 2.00. The molecule has 4 nitrogen and oxygen atoms in total. The van der Waals surface area contributed by atoms with E-state index in [1.54, 1.807) is 0 Å². The molecule has 1 rings (SSSR count). The second kappa shape index (κ2) is 4.47. The smallest absolute Gasteiger partial charge is 0.404 e. The summed E-state index contributed by atoms with van der Waals surface area (Å²) in [4.78, 5) is 10.2. The van der Waals surface area contributed by atoms with Crippen LogP contribution in [0.15, 0.2) is 24.3 Å². The van der Waals surface area contributed by atoms with Crippen molar-refractivity contribution in [2.75, 3.05) is 0 Å². The summed E-state index contributed by atoms with van der Waals surface area (Å²) < 4.78 is 0. The molecule has 0 radical (unpaired) electrons. The molecule has 0 saturated heterocycles. The Morgan fingerprint density at radius 2 is 2.00 bits per heavy atom. The molecule has 1 aromatic carbocycles. The first-order valence-electron chi connectivity index (χ1n) is 3.97. The minimum absolute atomic E-state index is 0.308. The van der Waals surface area contributed by atoms with Crippen molar-refractivity contribution < 1.29 is 9.90 Å². The van der Waals surface area contributed by atoms with Gasteiger partial charge >= 0.3 is 6.09 Å². The number of benzene rings is 1. The second-order valence-corrected chi connectivity index (χ2v) is 2.63. The predicted molar refractivity (Wildman–Crippen MR) is 49.2 cm³/mol. The summed E-state index contributed by atoms with van der Waals surface area (Å²) in [5, 5.41) is 10.7. The van der Waals surface area contributed by atoms with E-state index in [1.807, 2.05) is 24.3 Å². The van der Waals surface area contributed by atoms with E-state index in [-0.39, 0.29) is 0 Å². The Hall–Kier alpha value is -1.55. The van der Waals surface area contributed by atoms with Crippen LogP contribution in [0.2, 0.25) is 0 Å². The number of nitrogens with two attached hydrogens (primary N) is 1. The molecule has 70 valence electrons. The number of carbonyl (C=O) groups is 1. The molecule has 0 unspecified atom stereocenters. The standard InChI is InChI=1S/C9H12N2O2/c10-5-7-3-1-2-4-8(7)6-11-9(12)13/h1-4,11H,5-6,10H2,(H,12,13). The van der Waals surface area contributed by atoms with Crippen molar-refractivity contribution >= 4 is 6.09 Å². The van der Waals surface area contributed by atoms with Gasteiger partial charge in [0.1, 0.15) is 0 Å². The zero-order valence-electron chi connectivity index (χ0n) is 7.16. The van der Waals surface area contributed by atoms with Gasteiger partial charge in [-0.25, -0.2) is 4.79 Å². The number of carboxylic acid groups (broad SMARTS) is 1. The molecule has 0 spiro atoms. The highest BCUT2D eigenvalue weighted by Crippen LogP contribution is 2.06. The average molecular weight is 180 g/mol. The fourth-order valence-corrected chi connectivity index (χ4v) is 1.10. The van der Waals surface area contributed by atoms with E-state index in [0.29, 0.717) is 13.1 Å². The molecule has 1 aromatic rings. The molecule has 0 fully saturated rings. The number of nitrogens with one attached hydrogen (secondary N) is 1. The van der Waals surface area contributed by atoms with Gasteiger partial charge < -0.3 is 16.2 Å². The maximum Gasteiger partial charge on any atom is 0.404 e. The van der Waals surface area contributed by atoms with E-state index in [0.717, 1.165) is 11.1 Å². The fourth-order valence-electron chi connectivity index (χ4n) is 1.10. The number of rotatable bonds is 3. The van der Waals surface area contributed by atoms with Gasteiger partial charge in [0, 0.05) is 13.1 Å². The largest absolute Gasteiger partial charge is 0.465 e. The Bertz CT molecular complexity index is 299. The highest BCUT2D eigenvalue weighted by molar-refractivity contribution is 5.64. The van der Waals surface area contributed by atoms with Gasteiger partial charge in [-0.3, -0.25) is 0 Å². The lowest BCUT2D eigenvalue weighted by molar-refractivity contribution is 0.194. The Morgan fingerprint density at radius 1 is 1.38 bits per heavy atom. The average Bonchev–Trinajstić information content (AvgIpc) is 2.15. The molecule has 0 aromatic heterocycles. The molecule has 4 N–H and O–H groups in total. The van der Waals surface area contributed by atoms with Crippen molar-refractivity contribution in [3.63, 3.8) is 0 Å². The van der Waals surface area contributed by atoms with Crippen LogP contribution in [0.3, 0.4) is 0 Å². The third-order valence-corrected chi connectivity index (χ3v) is 1.77. The number of amides is 1. The SMILES string of the molecule is NCc1ccccc1CNC(=O)O. The second-order valence-electron chi connectivity index (χ2n) is 2.63. The molecule has 0 heterocycles. The van der Waals surface area contributed by atoms with Crippen molar-refractivity contribution in [3.05, 3.63) is 35.4 Å². The van der Waals surface area contributed by atoms with E-state index in [2.05, 4.69) is 5.32 Å². The van der Waals surface area contributed by atoms with Crippen molar-refractivity contribution in [1.29, 1.82) is 0 Å². The van der Waals surface area contributed by atoms with Crippen LogP contribution in [0.1, 0.15) is 11.1 Å². The molecule has 4 heteroatoms. The van der Waals surface area contributed by atoms with Gasteiger partial charge in [0.15, 0.2) is 0 Å². The van der Waals surface area contributed by atoms with Crippen molar-refractivity contribution in [2.45, 2.75) is 13.1 Å². The maximum atomic E-state index is 10.2. The van der Waals surface area contributed by atoms with Gasteiger partial charge in [0.25, 0.3) is 0 Å². The quantitative estimate of drug-likeness (QED) is 0.647. The van der Waals surface area contributed by atoms with E-state index in [1.165, 1.54) is 0 Å². The summed E-state index contributed by atoms with van der Waals surface area (Å²) in [6, 6.07) is 7.49. The highest BCUT2D eigenvalue weighted by atomic mass is 16.4.